The van der Waals surface area contributed by atoms with Gasteiger partial charge in [-0.05, 0) is 65.2 Å². The highest BCUT2D eigenvalue weighted by Gasteiger charge is 2.22. The number of ether oxygens (including phenoxy) is 2. The van der Waals surface area contributed by atoms with Crippen molar-refractivity contribution in [2.45, 2.75) is 26.2 Å². The summed E-state index contributed by atoms with van der Waals surface area (Å²) >= 11 is 9.65. The minimum Gasteiger partial charge on any atom is -0.465 e. The van der Waals surface area contributed by atoms with Crippen molar-refractivity contribution in [1.29, 1.82) is 0 Å². The Morgan fingerprint density at radius 1 is 1.50 bits per heavy atom. The summed E-state index contributed by atoms with van der Waals surface area (Å²) in [5, 5.41) is 0.421. The highest BCUT2D eigenvalue weighted by atomic mass is 79.9. The fourth-order valence-electron chi connectivity index (χ4n) is 2.59. The molecule has 0 aliphatic carbocycles. The first-order valence-electron chi connectivity index (χ1n) is 6.68. The lowest BCUT2D eigenvalue weighted by Gasteiger charge is -2.23. The highest BCUT2D eigenvalue weighted by Crippen LogP contribution is 2.34. The van der Waals surface area contributed by atoms with Gasteiger partial charge in [0.25, 0.3) is 0 Å². The van der Waals surface area contributed by atoms with Gasteiger partial charge >= 0.3 is 5.97 Å². The van der Waals surface area contributed by atoms with Crippen molar-refractivity contribution in [1.82, 2.24) is 0 Å². The molecule has 0 aromatic heterocycles. The van der Waals surface area contributed by atoms with Crippen LogP contribution in [0.25, 0.3) is 0 Å². The van der Waals surface area contributed by atoms with Gasteiger partial charge in [0.05, 0.1) is 17.7 Å². The van der Waals surface area contributed by atoms with Crippen LogP contribution in [0.1, 0.15) is 34.3 Å². The standard InChI is InChI=1S/C15H18BrClO3/c1-9-11(7-10-3-5-20-6-4-10)8-12(16)14(17)13(9)15(18)19-2/h8,10H,3-7H2,1-2H3. The molecule has 0 atom stereocenters. The smallest absolute Gasteiger partial charge is 0.339 e. The van der Waals surface area contributed by atoms with Crippen LogP contribution in [0, 0.1) is 12.8 Å². The molecule has 0 unspecified atom stereocenters. The molecular formula is C15H18BrClO3. The molecule has 5 heteroatoms. The summed E-state index contributed by atoms with van der Waals surface area (Å²) in [6.07, 6.45) is 3.06. The van der Waals surface area contributed by atoms with Crippen molar-refractivity contribution >= 4 is 33.5 Å². The number of hydrogen-bond donors (Lipinski definition) is 0. The number of carbonyl (C=O) groups is 1. The zero-order valence-electron chi connectivity index (χ0n) is 11.7. The summed E-state index contributed by atoms with van der Waals surface area (Å²) in [6.45, 7) is 3.57. The Hall–Kier alpha value is -0.580. The van der Waals surface area contributed by atoms with E-state index in [-0.39, 0.29) is 5.97 Å². The Bertz CT molecular complexity index is 510. The van der Waals surface area contributed by atoms with Crippen LogP contribution in [-0.2, 0) is 15.9 Å². The topological polar surface area (TPSA) is 35.5 Å². The average Bonchev–Trinajstić information content (AvgIpc) is 2.45. The number of halogens is 2. The molecule has 0 bridgehead atoms. The molecule has 3 nitrogen and oxygen atoms in total. The molecule has 0 amide bonds. The molecule has 2 rings (SSSR count). The fraction of sp³-hybridized carbons (Fsp3) is 0.533. The van der Waals surface area contributed by atoms with E-state index >= 15 is 0 Å². The van der Waals surface area contributed by atoms with Gasteiger partial charge in [-0.2, -0.15) is 0 Å². The first-order valence-corrected chi connectivity index (χ1v) is 7.85. The van der Waals surface area contributed by atoms with E-state index in [9.17, 15) is 4.79 Å². The summed E-state index contributed by atoms with van der Waals surface area (Å²) in [4.78, 5) is 11.9. The van der Waals surface area contributed by atoms with Crippen LogP contribution in [0.2, 0.25) is 5.02 Å². The van der Waals surface area contributed by atoms with E-state index < -0.39 is 0 Å². The zero-order chi connectivity index (χ0) is 14.7. The van der Waals surface area contributed by atoms with Gasteiger partial charge in [0.15, 0.2) is 0 Å². The number of rotatable bonds is 3. The number of hydrogen-bond acceptors (Lipinski definition) is 3. The predicted molar refractivity (Wildman–Crippen MR) is 82.5 cm³/mol. The Morgan fingerprint density at radius 2 is 2.15 bits per heavy atom. The van der Waals surface area contributed by atoms with E-state index in [1.54, 1.807) is 0 Å². The van der Waals surface area contributed by atoms with E-state index in [4.69, 9.17) is 21.1 Å². The van der Waals surface area contributed by atoms with E-state index in [2.05, 4.69) is 15.9 Å². The Morgan fingerprint density at radius 3 is 2.75 bits per heavy atom. The van der Waals surface area contributed by atoms with Gasteiger partial charge in [0.2, 0.25) is 0 Å². The average molecular weight is 362 g/mol. The van der Waals surface area contributed by atoms with E-state index in [0.717, 1.165) is 48.1 Å². The number of esters is 1. The van der Waals surface area contributed by atoms with Crippen molar-refractivity contribution < 1.29 is 14.3 Å². The molecule has 0 N–H and O–H groups in total. The second kappa shape index (κ2) is 6.92. The van der Waals surface area contributed by atoms with Crippen LogP contribution in [0.5, 0.6) is 0 Å². The van der Waals surface area contributed by atoms with E-state index in [0.29, 0.717) is 16.5 Å². The van der Waals surface area contributed by atoms with Crippen LogP contribution in [0.15, 0.2) is 10.5 Å². The van der Waals surface area contributed by atoms with Gasteiger partial charge < -0.3 is 9.47 Å². The zero-order valence-corrected chi connectivity index (χ0v) is 14.0. The third-order valence-corrected chi connectivity index (χ3v) is 5.07. The molecule has 0 saturated carbocycles. The maximum Gasteiger partial charge on any atom is 0.339 e. The molecule has 1 aliphatic heterocycles. The molecule has 0 radical (unpaired) electrons. The summed E-state index contributed by atoms with van der Waals surface area (Å²) < 4.78 is 11.0. The maximum absolute atomic E-state index is 11.9. The minimum atomic E-state index is -0.387. The lowest BCUT2D eigenvalue weighted by atomic mass is 9.89. The van der Waals surface area contributed by atoms with Crippen LogP contribution in [0.4, 0.5) is 0 Å². The van der Waals surface area contributed by atoms with E-state index in [1.165, 1.54) is 7.11 Å². The lowest BCUT2D eigenvalue weighted by Crippen LogP contribution is -2.18. The molecule has 1 saturated heterocycles. The largest absolute Gasteiger partial charge is 0.465 e. The Labute approximate surface area is 132 Å². The second-order valence-corrected chi connectivity index (χ2v) is 6.32. The molecule has 110 valence electrons. The Kier molecular flexibility index (Phi) is 5.47. The minimum absolute atomic E-state index is 0.387. The molecule has 20 heavy (non-hydrogen) atoms. The molecule has 0 spiro atoms. The molecular weight excluding hydrogens is 344 g/mol. The molecule has 1 heterocycles. The number of methoxy groups -OCH3 is 1. The summed E-state index contributed by atoms with van der Waals surface area (Å²) in [7, 11) is 1.37. The van der Waals surface area contributed by atoms with E-state index in [1.807, 2.05) is 13.0 Å². The molecule has 1 aromatic carbocycles. The van der Waals surface area contributed by atoms with Gasteiger partial charge in [-0.25, -0.2) is 4.79 Å². The predicted octanol–water partition coefficient (Wildman–Crippen LogP) is 4.17. The van der Waals surface area contributed by atoms with Gasteiger partial charge in [0.1, 0.15) is 0 Å². The summed E-state index contributed by atoms with van der Waals surface area (Å²) in [5.41, 5.74) is 2.52. The summed E-state index contributed by atoms with van der Waals surface area (Å²) in [6, 6.07) is 2.01. The number of benzene rings is 1. The van der Waals surface area contributed by atoms with Crippen molar-refractivity contribution in [2.24, 2.45) is 5.92 Å². The highest BCUT2D eigenvalue weighted by molar-refractivity contribution is 9.10. The Balaban J connectivity index is 2.33. The van der Waals surface area contributed by atoms with Crippen LogP contribution < -0.4 is 0 Å². The third-order valence-electron chi connectivity index (χ3n) is 3.83. The number of carbonyl (C=O) groups excluding carboxylic acids is 1. The normalized spacial score (nSPS) is 16.2. The maximum atomic E-state index is 11.9. The SMILES string of the molecule is COC(=O)c1c(C)c(CC2CCOCC2)cc(Br)c1Cl. The molecule has 1 aromatic rings. The molecule has 1 fully saturated rings. The van der Waals surface area contributed by atoms with Crippen LogP contribution in [0.3, 0.4) is 0 Å². The fourth-order valence-corrected chi connectivity index (χ4v) is 3.34. The quantitative estimate of drug-likeness (QED) is 0.758. The van der Waals surface area contributed by atoms with Crippen molar-refractivity contribution in [3.63, 3.8) is 0 Å². The first-order chi connectivity index (χ1) is 9.54. The lowest BCUT2D eigenvalue weighted by molar-refractivity contribution is 0.0598. The van der Waals surface area contributed by atoms with Crippen molar-refractivity contribution in [2.75, 3.05) is 20.3 Å². The van der Waals surface area contributed by atoms with Gasteiger partial charge in [-0.15, -0.1) is 0 Å². The molecule has 1 aliphatic rings. The van der Waals surface area contributed by atoms with Crippen molar-refractivity contribution in [3.05, 3.63) is 32.3 Å². The van der Waals surface area contributed by atoms with Crippen LogP contribution in [-0.4, -0.2) is 26.3 Å². The monoisotopic (exact) mass is 360 g/mol. The first kappa shape index (κ1) is 15.8. The second-order valence-electron chi connectivity index (χ2n) is 5.08. The summed E-state index contributed by atoms with van der Waals surface area (Å²) in [5.74, 6) is 0.211. The van der Waals surface area contributed by atoms with Crippen LogP contribution >= 0.6 is 27.5 Å². The van der Waals surface area contributed by atoms with Gasteiger partial charge in [0, 0.05) is 17.7 Å². The van der Waals surface area contributed by atoms with Crippen molar-refractivity contribution in [3.8, 4) is 0 Å². The van der Waals surface area contributed by atoms with Gasteiger partial charge in [-0.3, -0.25) is 0 Å². The third kappa shape index (κ3) is 3.35. The van der Waals surface area contributed by atoms with Gasteiger partial charge in [-0.1, -0.05) is 11.6 Å².